The molecule has 0 saturated heterocycles. The number of halogens is 1. The largest absolute Gasteiger partial charge is 0.462 e. The Bertz CT molecular complexity index is 732. The third kappa shape index (κ3) is 8.91. The van der Waals surface area contributed by atoms with Gasteiger partial charge in [0.1, 0.15) is 13.2 Å². The monoisotopic (exact) mass is 494 g/mol. The molecule has 34 heavy (non-hydrogen) atoms. The summed E-state index contributed by atoms with van der Waals surface area (Å²) >= 11 is 6.44. The molecule has 0 aliphatic heterocycles. The molecule has 0 spiro atoms. The van der Waals surface area contributed by atoms with Gasteiger partial charge in [-0.1, -0.05) is 92.6 Å². The van der Waals surface area contributed by atoms with Gasteiger partial charge >= 0.3 is 11.9 Å². The highest BCUT2D eigenvalue weighted by Gasteiger charge is 2.41. The number of ether oxygens (including phenoxy) is 2. The van der Waals surface area contributed by atoms with Crippen LogP contribution in [0.2, 0.25) is 0 Å². The Hall–Kier alpha value is -1.55. The number of hydrogen-bond donors (Lipinski definition) is 0. The molecule has 0 saturated carbocycles. The molecule has 0 aromatic heterocycles. The van der Waals surface area contributed by atoms with E-state index in [4.69, 9.17) is 21.1 Å². The molecule has 4 nitrogen and oxygen atoms in total. The summed E-state index contributed by atoms with van der Waals surface area (Å²) in [7, 11) is 0. The lowest BCUT2D eigenvalue weighted by molar-refractivity contribution is -0.158. The van der Waals surface area contributed by atoms with Gasteiger partial charge in [-0.25, -0.2) is 0 Å². The zero-order chi connectivity index (χ0) is 26.1. The second-order valence-corrected chi connectivity index (χ2v) is 11.6. The van der Waals surface area contributed by atoms with E-state index in [1.54, 1.807) is 6.92 Å². The average Bonchev–Trinajstić information content (AvgIpc) is 2.80. The molecule has 1 aromatic carbocycles. The van der Waals surface area contributed by atoms with Crippen LogP contribution in [0.3, 0.4) is 0 Å². The average molecular weight is 495 g/mol. The maximum atomic E-state index is 12.7. The van der Waals surface area contributed by atoms with Crippen LogP contribution < -0.4 is 0 Å². The lowest BCUT2D eigenvalue weighted by Gasteiger charge is -2.46. The zero-order valence-electron chi connectivity index (χ0n) is 22.8. The predicted molar refractivity (Wildman–Crippen MR) is 141 cm³/mol. The molecular formula is C29H47ClO4. The molecule has 0 N–H and O–H groups in total. The smallest absolute Gasteiger partial charge is 0.308 e. The van der Waals surface area contributed by atoms with Crippen LogP contribution in [0.1, 0.15) is 86.1 Å². The molecule has 0 bridgehead atoms. The zero-order valence-corrected chi connectivity index (χ0v) is 23.5. The van der Waals surface area contributed by atoms with Gasteiger partial charge in [0, 0.05) is 0 Å². The molecule has 0 heterocycles. The second kappa shape index (κ2) is 14.1. The van der Waals surface area contributed by atoms with Crippen molar-refractivity contribution >= 4 is 23.5 Å². The van der Waals surface area contributed by atoms with Crippen LogP contribution >= 0.6 is 11.6 Å². The first-order valence-electron chi connectivity index (χ1n) is 12.8. The Morgan fingerprint density at radius 3 is 1.68 bits per heavy atom. The second-order valence-electron chi connectivity index (χ2n) is 11.0. The van der Waals surface area contributed by atoms with Crippen LogP contribution in [0.5, 0.6) is 0 Å². The molecule has 5 atom stereocenters. The first-order valence-corrected chi connectivity index (χ1v) is 13.3. The summed E-state index contributed by atoms with van der Waals surface area (Å²) in [6.07, 6.45) is 1.26. The van der Waals surface area contributed by atoms with E-state index in [1.165, 1.54) is 0 Å². The minimum atomic E-state index is -0.340. The Labute approximate surface area is 213 Å². The van der Waals surface area contributed by atoms with Crippen molar-refractivity contribution in [2.75, 3.05) is 13.2 Å². The molecule has 0 amide bonds. The predicted octanol–water partition coefficient (Wildman–Crippen LogP) is 7.70. The summed E-state index contributed by atoms with van der Waals surface area (Å²) < 4.78 is 10.8. The molecule has 194 valence electrons. The Morgan fingerprint density at radius 2 is 1.24 bits per heavy atom. The van der Waals surface area contributed by atoms with Gasteiger partial charge < -0.3 is 9.47 Å². The van der Waals surface area contributed by atoms with E-state index in [1.807, 2.05) is 37.3 Å². The molecule has 5 unspecified atom stereocenters. The molecule has 0 radical (unpaired) electrons. The van der Waals surface area contributed by atoms with Crippen LogP contribution in [-0.4, -0.2) is 25.2 Å². The van der Waals surface area contributed by atoms with E-state index >= 15 is 0 Å². The van der Waals surface area contributed by atoms with E-state index in [9.17, 15) is 9.59 Å². The summed E-state index contributed by atoms with van der Waals surface area (Å²) in [5.41, 5.74) is 1.01. The van der Waals surface area contributed by atoms with Gasteiger partial charge in [0.15, 0.2) is 0 Å². The number of alkyl halides is 1. The molecule has 1 aromatic rings. The van der Waals surface area contributed by atoms with Crippen LogP contribution in [0.25, 0.3) is 0 Å². The number of carbonyl (C=O) groups is 2. The molecule has 0 aliphatic carbocycles. The third-order valence-electron chi connectivity index (χ3n) is 7.92. The van der Waals surface area contributed by atoms with Gasteiger partial charge in [0.2, 0.25) is 0 Å². The fraction of sp³-hybridized carbons (Fsp3) is 0.724. The lowest BCUT2D eigenvalue weighted by atomic mass is 9.59. The van der Waals surface area contributed by atoms with Gasteiger partial charge in [-0.3, -0.25) is 9.59 Å². The number of benzene rings is 1. The van der Waals surface area contributed by atoms with Crippen LogP contribution in [0.4, 0.5) is 0 Å². The van der Waals surface area contributed by atoms with Gasteiger partial charge in [-0.2, -0.15) is 0 Å². The number of esters is 2. The summed E-state index contributed by atoms with van der Waals surface area (Å²) in [5, 5.41) is -0.252. The van der Waals surface area contributed by atoms with Gasteiger partial charge in [-0.05, 0) is 47.5 Å². The van der Waals surface area contributed by atoms with Gasteiger partial charge in [0.25, 0.3) is 0 Å². The van der Waals surface area contributed by atoms with Gasteiger partial charge in [-0.15, -0.1) is 11.6 Å². The van der Waals surface area contributed by atoms with E-state index in [0.717, 1.165) is 12.0 Å². The molecule has 0 aliphatic rings. The van der Waals surface area contributed by atoms with Crippen molar-refractivity contribution in [1.82, 2.24) is 0 Å². The maximum absolute atomic E-state index is 12.7. The van der Waals surface area contributed by atoms with Gasteiger partial charge in [0.05, 0.1) is 17.2 Å². The number of carbonyl (C=O) groups excluding carboxylic acids is 2. The standard InChI is InChI=1S/C29H47ClO4/c1-19(2)23(7)29(9,24(8)20(3)4)18-22(6)28(32)34-16-15-33-27(31)21(5)17-26(30)25-13-11-10-12-14-25/h10-14,19-24,26H,15-18H2,1-9H3. The van der Waals surface area contributed by atoms with Crippen LogP contribution in [-0.2, 0) is 19.1 Å². The van der Waals surface area contributed by atoms with E-state index in [2.05, 4.69) is 48.5 Å². The number of hydrogen-bond acceptors (Lipinski definition) is 4. The van der Waals surface area contributed by atoms with Crippen molar-refractivity contribution in [2.45, 2.75) is 80.5 Å². The number of rotatable bonds is 14. The molecule has 5 heteroatoms. The highest BCUT2D eigenvalue weighted by atomic mass is 35.5. The molecule has 1 rings (SSSR count). The fourth-order valence-electron chi connectivity index (χ4n) is 4.83. The van der Waals surface area contributed by atoms with Crippen molar-refractivity contribution in [3.8, 4) is 0 Å². The van der Waals surface area contributed by atoms with Crippen LogP contribution in [0, 0.1) is 40.9 Å². The van der Waals surface area contributed by atoms with E-state index in [-0.39, 0.29) is 47.8 Å². The summed E-state index contributed by atoms with van der Waals surface area (Å²) in [5.74, 6) is 0.906. The van der Waals surface area contributed by atoms with Crippen molar-refractivity contribution in [1.29, 1.82) is 0 Å². The summed E-state index contributed by atoms with van der Waals surface area (Å²) in [6, 6.07) is 9.69. The van der Waals surface area contributed by atoms with Crippen LogP contribution in [0.15, 0.2) is 30.3 Å². The van der Waals surface area contributed by atoms with Crippen molar-refractivity contribution in [3.05, 3.63) is 35.9 Å². The van der Waals surface area contributed by atoms with E-state index < -0.39 is 0 Å². The SMILES string of the molecule is CC(CC(Cl)c1ccccc1)C(=O)OCCOC(=O)C(C)CC(C)(C(C)C(C)C)C(C)C(C)C. The summed E-state index contributed by atoms with van der Waals surface area (Å²) in [4.78, 5) is 25.0. The minimum Gasteiger partial charge on any atom is -0.462 e. The minimum absolute atomic E-state index is 0.0273. The lowest BCUT2D eigenvalue weighted by Crippen LogP contribution is -2.40. The fourth-order valence-corrected chi connectivity index (χ4v) is 5.24. The Balaban J connectivity index is 2.52. The van der Waals surface area contributed by atoms with E-state index in [0.29, 0.717) is 30.1 Å². The maximum Gasteiger partial charge on any atom is 0.308 e. The highest BCUT2D eigenvalue weighted by Crippen LogP contribution is 2.47. The van der Waals surface area contributed by atoms with Crippen molar-refractivity contribution < 1.29 is 19.1 Å². The van der Waals surface area contributed by atoms with Crippen molar-refractivity contribution in [3.63, 3.8) is 0 Å². The Morgan fingerprint density at radius 1 is 0.794 bits per heavy atom. The highest BCUT2D eigenvalue weighted by molar-refractivity contribution is 6.20. The first-order chi connectivity index (χ1) is 15.8. The third-order valence-corrected chi connectivity index (χ3v) is 8.36. The first kappa shape index (κ1) is 30.5. The molecular weight excluding hydrogens is 448 g/mol. The summed E-state index contributed by atoms with van der Waals surface area (Å²) in [6.45, 7) is 19.8. The Kier molecular flexibility index (Phi) is 12.7. The quantitative estimate of drug-likeness (QED) is 0.151. The topological polar surface area (TPSA) is 52.6 Å². The van der Waals surface area contributed by atoms with Crippen molar-refractivity contribution in [2.24, 2.45) is 40.9 Å². The molecule has 0 fully saturated rings. The normalized spacial score (nSPS) is 18.0.